The fourth-order valence-electron chi connectivity index (χ4n) is 2.09. The third kappa shape index (κ3) is 3.07. The maximum Gasteiger partial charge on any atom is 0.160 e. The molecule has 0 spiro atoms. The fraction of sp³-hybridized carbons (Fsp3) is 0.188. The van der Waals surface area contributed by atoms with Crippen LogP contribution in [0.3, 0.4) is 0 Å². The van der Waals surface area contributed by atoms with Gasteiger partial charge in [0.25, 0.3) is 0 Å². The Kier molecular flexibility index (Phi) is 4.55. The number of carbonyl (C=O) groups is 1. The number of ketones is 1. The summed E-state index contributed by atoms with van der Waals surface area (Å²) < 4.78 is 13.8. The summed E-state index contributed by atoms with van der Waals surface area (Å²) in [5.41, 5.74) is 2.52. The summed E-state index contributed by atoms with van der Waals surface area (Å²) in [4.78, 5) is 13.5. The van der Waals surface area contributed by atoms with Crippen LogP contribution in [0.2, 0.25) is 0 Å². The number of hydrogen-bond acceptors (Lipinski definition) is 2. The molecule has 0 atom stereocenters. The average Bonchev–Trinajstić information content (AvgIpc) is 2.41. The van der Waals surface area contributed by atoms with E-state index in [0.717, 1.165) is 22.4 Å². The SMILES string of the molecule is CCN(c1ccc(F)cc1)c1ccc(C(C)=O)c(Br)c1. The van der Waals surface area contributed by atoms with Gasteiger partial charge in [-0.3, -0.25) is 4.79 Å². The van der Waals surface area contributed by atoms with Crippen molar-refractivity contribution >= 4 is 33.1 Å². The lowest BCUT2D eigenvalue weighted by Gasteiger charge is -2.24. The summed E-state index contributed by atoms with van der Waals surface area (Å²) in [5.74, 6) is -0.230. The van der Waals surface area contributed by atoms with Crippen molar-refractivity contribution in [3.8, 4) is 0 Å². The first-order valence-electron chi connectivity index (χ1n) is 6.36. The first-order chi connectivity index (χ1) is 9.52. The van der Waals surface area contributed by atoms with Gasteiger partial charge in [-0.1, -0.05) is 0 Å². The summed E-state index contributed by atoms with van der Waals surface area (Å²) in [5, 5.41) is 0. The largest absolute Gasteiger partial charge is 0.342 e. The molecule has 0 saturated carbocycles. The van der Waals surface area contributed by atoms with E-state index in [1.165, 1.54) is 19.1 Å². The Labute approximate surface area is 126 Å². The quantitative estimate of drug-likeness (QED) is 0.737. The fourth-order valence-corrected chi connectivity index (χ4v) is 2.74. The monoisotopic (exact) mass is 335 g/mol. The Bertz CT molecular complexity index is 625. The van der Waals surface area contributed by atoms with Crippen LogP contribution in [0, 0.1) is 5.82 Å². The molecule has 0 unspecified atom stereocenters. The van der Waals surface area contributed by atoms with Crippen molar-refractivity contribution in [3.63, 3.8) is 0 Å². The Balaban J connectivity index is 2.39. The minimum atomic E-state index is -0.252. The average molecular weight is 336 g/mol. The van der Waals surface area contributed by atoms with E-state index in [2.05, 4.69) is 15.9 Å². The van der Waals surface area contributed by atoms with E-state index in [9.17, 15) is 9.18 Å². The number of Topliss-reactive ketones (excluding diaryl/α,β-unsaturated/α-hetero) is 1. The first-order valence-corrected chi connectivity index (χ1v) is 7.16. The van der Waals surface area contributed by atoms with Crippen LogP contribution in [0.5, 0.6) is 0 Å². The van der Waals surface area contributed by atoms with E-state index in [4.69, 9.17) is 0 Å². The van der Waals surface area contributed by atoms with Gasteiger partial charge in [-0.05, 0) is 72.2 Å². The van der Waals surface area contributed by atoms with Crippen LogP contribution in [-0.4, -0.2) is 12.3 Å². The second-order valence-corrected chi connectivity index (χ2v) is 5.30. The molecule has 2 aromatic carbocycles. The zero-order valence-electron chi connectivity index (χ0n) is 11.4. The summed E-state index contributed by atoms with van der Waals surface area (Å²) in [6.07, 6.45) is 0. The third-order valence-electron chi connectivity index (χ3n) is 3.10. The van der Waals surface area contributed by atoms with Crippen molar-refractivity contribution in [3.05, 3.63) is 58.3 Å². The molecule has 0 saturated heterocycles. The van der Waals surface area contributed by atoms with Crippen molar-refractivity contribution in [1.82, 2.24) is 0 Å². The van der Waals surface area contributed by atoms with Crippen LogP contribution in [0.4, 0.5) is 15.8 Å². The normalized spacial score (nSPS) is 10.4. The lowest BCUT2D eigenvalue weighted by molar-refractivity contribution is 0.101. The van der Waals surface area contributed by atoms with Crippen LogP contribution in [0.25, 0.3) is 0 Å². The molecule has 0 amide bonds. The number of carbonyl (C=O) groups excluding carboxylic acids is 1. The number of nitrogens with zero attached hydrogens (tertiary/aromatic N) is 1. The number of rotatable bonds is 4. The van der Waals surface area contributed by atoms with Crippen LogP contribution in [0.15, 0.2) is 46.9 Å². The summed E-state index contributed by atoms with van der Waals surface area (Å²) in [6.45, 7) is 4.31. The molecule has 0 radical (unpaired) electrons. The molecule has 0 N–H and O–H groups in total. The molecule has 2 aromatic rings. The van der Waals surface area contributed by atoms with E-state index >= 15 is 0 Å². The second kappa shape index (κ2) is 6.18. The van der Waals surface area contributed by atoms with Gasteiger partial charge in [0.05, 0.1) is 0 Å². The molecular weight excluding hydrogens is 321 g/mol. The highest BCUT2D eigenvalue weighted by atomic mass is 79.9. The molecule has 0 heterocycles. The van der Waals surface area contributed by atoms with Gasteiger partial charge >= 0.3 is 0 Å². The molecule has 0 aliphatic rings. The van der Waals surface area contributed by atoms with Gasteiger partial charge in [-0.2, -0.15) is 0 Å². The van der Waals surface area contributed by atoms with Crippen LogP contribution >= 0.6 is 15.9 Å². The highest BCUT2D eigenvalue weighted by molar-refractivity contribution is 9.10. The number of benzene rings is 2. The van der Waals surface area contributed by atoms with E-state index in [1.807, 2.05) is 24.0 Å². The first kappa shape index (κ1) is 14.7. The van der Waals surface area contributed by atoms with Gasteiger partial charge in [-0.25, -0.2) is 4.39 Å². The molecule has 0 bridgehead atoms. The zero-order chi connectivity index (χ0) is 14.7. The maximum absolute atomic E-state index is 13.0. The summed E-state index contributed by atoms with van der Waals surface area (Å²) >= 11 is 3.42. The van der Waals surface area contributed by atoms with E-state index in [0.29, 0.717) is 5.56 Å². The number of hydrogen-bond donors (Lipinski definition) is 0. The molecule has 4 heteroatoms. The van der Waals surface area contributed by atoms with Crippen LogP contribution in [-0.2, 0) is 0 Å². The lowest BCUT2D eigenvalue weighted by atomic mass is 10.1. The highest BCUT2D eigenvalue weighted by Gasteiger charge is 2.11. The van der Waals surface area contributed by atoms with Gasteiger partial charge in [-0.15, -0.1) is 0 Å². The Morgan fingerprint density at radius 3 is 2.25 bits per heavy atom. The number of anilines is 2. The van der Waals surface area contributed by atoms with Crippen LogP contribution < -0.4 is 4.90 Å². The molecule has 0 aliphatic heterocycles. The maximum atomic E-state index is 13.0. The van der Waals surface area contributed by atoms with Gasteiger partial charge in [0.2, 0.25) is 0 Å². The van der Waals surface area contributed by atoms with Gasteiger partial charge in [0.15, 0.2) is 5.78 Å². The smallest absolute Gasteiger partial charge is 0.160 e. The molecule has 20 heavy (non-hydrogen) atoms. The van der Waals surface area contributed by atoms with E-state index in [-0.39, 0.29) is 11.6 Å². The highest BCUT2D eigenvalue weighted by Crippen LogP contribution is 2.29. The zero-order valence-corrected chi connectivity index (χ0v) is 12.9. The predicted molar refractivity (Wildman–Crippen MR) is 83.2 cm³/mol. The summed E-state index contributed by atoms with van der Waals surface area (Å²) in [7, 11) is 0. The lowest BCUT2D eigenvalue weighted by Crippen LogP contribution is -2.16. The Morgan fingerprint density at radius 2 is 1.75 bits per heavy atom. The van der Waals surface area contributed by atoms with Crippen molar-refractivity contribution in [1.29, 1.82) is 0 Å². The van der Waals surface area contributed by atoms with E-state index in [1.54, 1.807) is 18.2 Å². The topological polar surface area (TPSA) is 20.3 Å². The van der Waals surface area contributed by atoms with Crippen molar-refractivity contribution in [2.45, 2.75) is 13.8 Å². The molecule has 0 aromatic heterocycles. The van der Waals surface area contributed by atoms with E-state index < -0.39 is 0 Å². The Morgan fingerprint density at radius 1 is 1.15 bits per heavy atom. The van der Waals surface area contributed by atoms with Crippen molar-refractivity contribution < 1.29 is 9.18 Å². The molecule has 0 aliphatic carbocycles. The second-order valence-electron chi connectivity index (χ2n) is 4.44. The van der Waals surface area contributed by atoms with Crippen molar-refractivity contribution in [2.75, 3.05) is 11.4 Å². The minimum absolute atomic E-state index is 0.0215. The predicted octanol–water partition coefficient (Wildman–Crippen LogP) is 4.95. The van der Waals surface area contributed by atoms with Crippen LogP contribution in [0.1, 0.15) is 24.2 Å². The third-order valence-corrected chi connectivity index (χ3v) is 3.75. The van der Waals surface area contributed by atoms with Crippen molar-refractivity contribution in [2.24, 2.45) is 0 Å². The molecule has 0 fully saturated rings. The Hall–Kier alpha value is -1.68. The van der Waals surface area contributed by atoms with Gasteiger partial charge < -0.3 is 4.90 Å². The molecule has 2 nitrogen and oxygen atoms in total. The minimum Gasteiger partial charge on any atom is -0.342 e. The molecule has 2 rings (SSSR count). The molecule has 104 valence electrons. The summed E-state index contributed by atoms with van der Waals surface area (Å²) in [6, 6.07) is 12.0. The standard InChI is InChI=1S/C16H15BrFNO/c1-3-19(13-6-4-12(18)5-7-13)14-8-9-15(11(2)20)16(17)10-14/h4-10H,3H2,1-2H3. The molecular formula is C16H15BrFNO. The van der Waals surface area contributed by atoms with Gasteiger partial charge in [0, 0.05) is 28.0 Å². The van der Waals surface area contributed by atoms with Gasteiger partial charge in [0.1, 0.15) is 5.82 Å². The number of halogens is 2.